The Kier molecular flexibility index (Phi) is 6.75. The number of hydrogen-bond acceptors (Lipinski definition) is 6. The molecule has 6 rings (SSSR count). The number of piperidine rings is 1. The fraction of sp³-hybridized carbons (Fsp3) is 0.407. The maximum atomic E-state index is 14.1. The van der Waals surface area contributed by atoms with Gasteiger partial charge in [0.1, 0.15) is 12.2 Å². The van der Waals surface area contributed by atoms with Crippen LogP contribution in [0.2, 0.25) is 5.02 Å². The number of halogens is 4. The van der Waals surface area contributed by atoms with Gasteiger partial charge in [-0.1, -0.05) is 11.6 Å². The number of thiazole rings is 1. The highest BCUT2D eigenvalue weighted by molar-refractivity contribution is 7.15. The van der Waals surface area contributed by atoms with E-state index in [1.807, 2.05) is 6.92 Å². The summed E-state index contributed by atoms with van der Waals surface area (Å²) in [6, 6.07) is 2.80. The van der Waals surface area contributed by atoms with Crippen LogP contribution in [0.1, 0.15) is 47.5 Å². The van der Waals surface area contributed by atoms with Gasteiger partial charge in [-0.2, -0.15) is 13.2 Å². The number of hydrogen-bond donors (Lipinski definition) is 2. The molecule has 2 aliphatic rings. The SMILES string of the molecule is Cc1ncc(-c2cn3c(=O)c4c(n(CC(=O)Nc5ccc(C(F)(F)F)cc5Cl)c3n2)CCCC42CCNCC2)s1. The minimum atomic E-state index is -4.55. The third kappa shape index (κ3) is 4.71. The summed E-state index contributed by atoms with van der Waals surface area (Å²) in [6.45, 7) is 3.31. The lowest BCUT2D eigenvalue weighted by Crippen LogP contribution is -2.47. The molecule has 1 saturated heterocycles. The van der Waals surface area contributed by atoms with Gasteiger partial charge >= 0.3 is 6.18 Å². The van der Waals surface area contributed by atoms with E-state index in [2.05, 4.69) is 15.6 Å². The van der Waals surface area contributed by atoms with Gasteiger partial charge in [-0.05, 0) is 70.3 Å². The van der Waals surface area contributed by atoms with Crippen LogP contribution in [0.3, 0.4) is 0 Å². The van der Waals surface area contributed by atoms with Crippen LogP contribution in [0.25, 0.3) is 16.3 Å². The summed E-state index contributed by atoms with van der Waals surface area (Å²) in [4.78, 5) is 37.3. The molecule has 0 radical (unpaired) electrons. The molecule has 4 aromatic rings. The van der Waals surface area contributed by atoms with E-state index in [-0.39, 0.29) is 28.2 Å². The summed E-state index contributed by atoms with van der Waals surface area (Å²) in [5.74, 6) is -0.151. The first kappa shape index (κ1) is 27.0. The first-order valence-electron chi connectivity index (χ1n) is 13.0. The number of benzene rings is 1. The van der Waals surface area contributed by atoms with Crippen LogP contribution >= 0.6 is 22.9 Å². The van der Waals surface area contributed by atoms with Gasteiger partial charge in [0.05, 0.1) is 26.2 Å². The third-order valence-electron chi connectivity index (χ3n) is 7.88. The van der Waals surface area contributed by atoms with Crippen LogP contribution in [0.4, 0.5) is 18.9 Å². The predicted octanol–water partition coefficient (Wildman–Crippen LogP) is 5.20. The quantitative estimate of drug-likeness (QED) is 0.341. The van der Waals surface area contributed by atoms with E-state index in [4.69, 9.17) is 16.6 Å². The van der Waals surface area contributed by atoms with Gasteiger partial charge in [0.25, 0.3) is 5.56 Å². The van der Waals surface area contributed by atoms with E-state index in [0.717, 1.165) is 78.1 Å². The normalized spacial score (nSPS) is 16.8. The van der Waals surface area contributed by atoms with E-state index in [1.54, 1.807) is 17.0 Å². The van der Waals surface area contributed by atoms with Gasteiger partial charge in [0.15, 0.2) is 0 Å². The van der Waals surface area contributed by atoms with Crippen molar-refractivity contribution in [2.45, 2.75) is 57.2 Å². The molecule has 1 fully saturated rings. The first-order chi connectivity index (χ1) is 19.1. The number of nitrogens with one attached hydrogen (secondary N) is 2. The lowest BCUT2D eigenvalue weighted by atomic mass is 9.66. The lowest BCUT2D eigenvalue weighted by Gasteiger charge is -2.42. The van der Waals surface area contributed by atoms with Crippen LogP contribution in [0.5, 0.6) is 0 Å². The number of rotatable bonds is 4. The number of aromatic nitrogens is 4. The Morgan fingerprint density at radius 3 is 2.70 bits per heavy atom. The second-order valence-electron chi connectivity index (χ2n) is 10.4. The molecule has 4 heterocycles. The van der Waals surface area contributed by atoms with Crippen molar-refractivity contribution in [3.63, 3.8) is 0 Å². The standard InChI is InChI=1S/C27H26ClF3N6O2S/c1-15-33-12-21(40-15)19-13-37-24(39)23-20(3-2-6-26(23)7-9-32-10-8-26)36(25(37)35-19)14-22(38)34-18-5-4-16(11-17(18)28)27(29,30)31/h4-5,11-13,32H,2-3,6-10,14H2,1H3,(H,34,38). The van der Waals surface area contributed by atoms with Crippen molar-refractivity contribution in [2.75, 3.05) is 18.4 Å². The number of anilines is 1. The largest absolute Gasteiger partial charge is 0.416 e. The molecular weight excluding hydrogens is 565 g/mol. The molecule has 8 nitrogen and oxygen atoms in total. The zero-order chi connectivity index (χ0) is 28.2. The number of nitrogens with zero attached hydrogens (tertiary/aromatic N) is 4. The second kappa shape index (κ2) is 10.0. The number of carbonyl (C=O) groups is 1. The summed E-state index contributed by atoms with van der Waals surface area (Å²) >= 11 is 7.56. The van der Waals surface area contributed by atoms with Crippen molar-refractivity contribution < 1.29 is 18.0 Å². The summed E-state index contributed by atoms with van der Waals surface area (Å²) in [6.07, 6.45) is 2.90. The summed E-state index contributed by atoms with van der Waals surface area (Å²) < 4.78 is 42.5. The molecule has 0 bridgehead atoms. The molecule has 1 amide bonds. The summed E-state index contributed by atoms with van der Waals surface area (Å²) in [5, 5.41) is 6.68. The molecule has 2 N–H and O–H groups in total. The average molecular weight is 591 g/mol. The van der Waals surface area contributed by atoms with Gasteiger partial charge in [-0.15, -0.1) is 11.3 Å². The van der Waals surface area contributed by atoms with Gasteiger partial charge in [0, 0.05) is 29.1 Å². The third-order valence-corrected chi connectivity index (χ3v) is 9.13. The highest BCUT2D eigenvalue weighted by Crippen LogP contribution is 2.42. The zero-order valence-corrected chi connectivity index (χ0v) is 23.1. The molecule has 210 valence electrons. The van der Waals surface area contributed by atoms with Crippen LogP contribution in [-0.2, 0) is 29.4 Å². The molecular formula is C27H26ClF3N6O2S. The van der Waals surface area contributed by atoms with E-state index < -0.39 is 17.6 Å². The Balaban J connectivity index is 1.45. The maximum Gasteiger partial charge on any atom is 0.416 e. The maximum absolute atomic E-state index is 14.1. The van der Waals surface area contributed by atoms with E-state index in [0.29, 0.717) is 17.9 Å². The molecule has 3 aromatic heterocycles. The minimum Gasteiger partial charge on any atom is -0.323 e. The van der Waals surface area contributed by atoms with E-state index >= 15 is 0 Å². The number of carbonyl (C=O) groups excluding carboxylic acids is 1. The molecule has 0 atom stereocenters. The van der Waals surface area contributed by atoms with Gasteiger partial charge < -0.3 is 15.2 Å². The molecule has 13 heteroatoms. The zero-order valence-electron chi connectivity index (χ0n) is 21.6. The second-order valence-corrected chi connectivity index (χ2v) is 12.0. The van der Waals surface area contributed by atoms with Crippen molar-refractivity contribution in [1.29, 1.82) is 0 Å². The predicted molar refractivity (Wildman–Crippen MR) is 147 cm³/mol. The Morgan fingerprint density at radius 2 is 2.02 bits per heavy atom. The summed E-state index contributed by atoms with van der Waals surface area (Å²) in [7, 11) is 0. The Hall–Kier alpha value is -3.22. The fourth-order valence-corrected chi connectivity index (χ4v) is 6.98. The monoisotopic (exact) mass is 590 g/mol. The smallest absolute Gasteiger partial charge is 0.323 e. The number of aryl methyl sites for hydroxylation is 1. The van der Waals surface area contributed by atoms with Gasteiger partial charge in [0.2, 0.25) is 11.7 Å². The molecule has 1 aliphatic carbocycles. The minimum absolute atomic E-state index is 0.0737. The number of amides is 1. The van der Waals surface area contributed by atoms with E-state index in [9.17, 15) is 22.8 Å². The fourth-order valence-electron chi connectivity index (χ4n) is 6.02. The molecule has 0 unspecified atom stereocenters. The van der Waals surface area contributed by atoms with Gasteiger partial charge in [-0.3, -0.25) is 14.0 Å². The molecule has 1 spiro atoms. The molecule has 40 heavy (non-hydrogen) atoms. The van der Waals surface area contributed by atoms with Crippen LogP contribution in [0, 0.1) is 6.92 Å². The molecule has 1 aromatic carbocycles. The van der Waals surface area contributed by atoms with Crippen molar-refractivity contribution in [1.82, 2.24) is 24.3 Å². The van der Waals surface area contributed by atoms with Crippen molar-refractivity contribution in [2.24, 2.45) is 0 Å². The topological polar surface area (TPSA) is 93.3 Å². The number of alkyl halides is 3. The Bertz CT molecular complexity index is 1690. The highest BCUT2D eigenvalue weighted by atomic mass is 35.5. The number of imidazole rings is 1. The van der Waals surface area contributed by atoms with Crippen molar-refractivity contribution in [3.05, 3.63) is 67.8 Å². The van der Waals surface area contributed by atoms with Crippen molar-refractivity contribution in [3.8, 4) is 10.6 Å². The summed E-state index contributed by atoms with van der Waals surface area (Å²) in [5.41, 5.74) is 0.879. The van der Waals surface area contributed by atoms with Crippen molar-refractivity contribution >= 4 is 40.3 Å². The first-order valence-corrected chi connectivity index (χ1v) is 14.2. The van der Waals surface area contributed by atoms with Crippen LogP contribution < -0.4 is 16.2 Å². The molecule has 1 aliphatic heterocycles. The highest BCUT2D eigenvalue weighted by Gasteiger charge is 2.42. The van der Waals surface area contributed by atoms with Gasteiger partial charge in [-0.25, -0.2) is 9.97 Å². The van der Waals surface area contributed by atoms with E-state index in [1.165, 1.54) is 15.7 Å². The number of fused-ring (bicyclic) bond motifs is 3. The molecule has 0 saturated carbocycles. The van der Waals surface area contributed by atoms with Crippen LogP contribution in [0.15, 0.2) is 35.4 Å². The van der Waals surface area contributed by atoms with Crippen LogP contribution in [-0.4, -0.2) is 37.9 Å². The average Bonchev–Trinajstić information content (AvgIpc) is 3.54. The lowest BCUT2D eigenvalue weighted by molar-refractivity contribution is -0.137. The Morgan fingerprint density at radius 1 is 1.25 bits per heavy atom. The Labute approximate surface area is 236 Å².